The van der Waals surface area contributed by atoms with E-state index in [4.69, 9.17) is 5.11 Å². The summed E-state index contributed by atoms with van der Waals surface area (Å²) in [6.45, 7) is 3.76. The molecule has 4 nitrogen and oxygen atoms in total. The second-order valence-corrected chi connectivity index (χ2v) is 4.17. The molecule has 17 heavy (non-hydrogen) atoms. The van der Waals surface area contributed by atoms with E-state index in [2.05, 4.69) is 5.10 Å². The van der Waals surface area contributed by atoms with Gasteiger partial charge in [-0.25, -0.2) is 4.39 Å². The molecule has 1 atom stereocenters. The number of aryl methyl sites for hydroxylation is 1. The average molecular weight is 236 g/mol. The topological polar surface area (TPSA) is 55.1 Å². The lowest BCUT2D eigenvalue weighted by Crippen LogP contribution is -2.18. The third-order valence-corrected chi connectivity index (χ3v) is 2.83. The van der Waals surface area contributed by atoms with Crippen LogP contribution in [0.15, 0.2) is 18.2 Å². The fraction of sp³-hybridized carbons (Fsp3) is 0.333. The van der Waals surface area contributed by atoms with Gasteiger partial charge in [0.1, 0.15) is 5.82 Å². The Morgan fingerprint density at radius 3 is 2.94 bits per heavy atom. The monoisotopic (exact) mass is 236 g/mol. The van der Waals surface area contributed by atoms with Crippen LogP contribution in [0.5, 0.6) is 0 Å². The lowest BCUT2D eigenvalue weighted by atomic mass is 10.2. The van der Waals surface area contributed by atoms with Gasteiger partial charge in [0, 0.05) is 17.1 Å². The van der Waals surface area contributed by atoms with Gasteiger partial charge in [0.2, 0.25) is 0 Å². The number of carboxylic acid groups (broad SMARTS) is 1. The highest BCUT2D eigenvalue weighted by molar-refractivity contribution is 5.81. The summed E-state index contributed by atoms with van der Waals surface area (Å²) in [5.41, 5.74) is 1.41. The molecule has 5 heteroatoms. The summed E-state index contributed by atoms with van der Waals surface area (Å²) in [6.07, 6.45) is 0. The van der Waals surface area contributed by atoms with Crippen molar-refractivity contribution in [2.24, 2.45) is 5.92 Å². The second-order valence-electron chi connectivity index (χ2n) is 4.17. The molecule has 0 spiro atoms. The van der Waals surface area contributed by atoms with E-state index in [0.29, 0.717) is 5.52 Å². The van der Waals surface area contributed by atoms with Crippen molar-refractivity contribution in [3.8, 4) is 0 Å². The summed E-state index contributed by atoms with van der Waals surface area (Å²) in [6, 6.07) is 4.39. The van der Waals surface area contributed by atoms with Gasteiger partial charge < -0.3 is 5.11 Å². The first-order valence-electron chi connectivity index (χ1n) is 5.34. The molecule has 1 N–H and O–H groups in total. The van der Waals surface area contributed by atoms with Gasteiger partial charge in [-0.1, -0.05) is 6.92 Å². The van der Waals surface area contributed by atoms with Crippen molar-refractivity contribution in [3.05, 3.63) is 29.7 Å². The molecule has 0 aliphatic rings. The molecule has 1 heterocycles. The van der Waals surface area contributed by atoms with E-state index >= 15 is 0 Å². The van der Waals surface area contributed by atoms with E-state index in [1.54, 1.807) is 17.7 Å². The summed E-state index contributed by atoms with van der Waals surface area (Å²) in [7, 11) is 0. The molecule has 1 aromatic carbocycles. The Balaban J connectivity index is 2.42. The number of aromatic nitrogens is 2. The minimum atomic E-state index is -0.866. The number of carbonyl (C=O) groups is 1. The second kappa shape index (κ2) is 4.16. The number of hydrogen-bond donors (Lipinski definition) is 1. The third-order valence-electron chi connectivity index (χ3n) is 2.83. The molecule has 0 saturated carbocycles. The van der Waals surface area contributed by atoms with Crippen LogP contribution >= 0.6 is 0 Å². The lowest BCUT2D eigenvalue weighted by molar-refractivity contribution is -0.141. The lowest BCUT2D eigenvalue weighted by Gasteiger charge is -2.07. The summed E-state index contributed by atoms with van der Waals surface area (Å²) in [5.74, 6) is -1.73. The van der Waals surface area contributed by atoms with Crippen LogP contribution in [0.4, 0.5) is 4.39 Å². The molecule has 2 aromatic rings. The smallest absolute Gasteiger partial charge is 0.308 e. The molecule has 0 fully saturated rings. The van der Waals surface area contributed by atoms with Gasteiger partial charge in [0.25, 0.3) is 0 Å². The number of hydrogen-bond acceptors (Lipinski definition) is 2. The maximum Gasteiger partial charge on any atom is 0.308 e. The standard InChI is InChI=1S/C12H13FN2O2/c1-7(12(16)17)6-15-8(2)10-4-3-9(13)5-11(10)14-15/h3-5,7H,6H2,1-2H3,(H,16,17). The van der Waals surface area contributed by atoms with E-state index in [1.165, 1.54) is 12.1 Å². The number of fused-ring (bicyclic) bond motifs is 1. The minimum Gasteiger partial charge on any atom is -0.481 e. The highest BCUT2D eigenvalue weighted by atomic mass is 19.1. The molecular formula is C12H13FN2O2. The number of halogens is 1. The highest BCUT2D eigenvalue weighted by Gasteiger charge is 2.15. The van der Waals surface area contributed by atoms with Crippen LogP contribution in [0.3, 0.4) is 0 Å². The molecule has 0 amide bonds. The Kier molecular flexibility index (Phi) is 2.83. The maximum atomic E-state index is 13.0. The molecule has 90 valence electrons. The van der Waals surface area contributed by atoms with Crippen molar-refractivity contribution in [1.82, 2.24) is 9.78 Å². The van der Waals surface area contributed by atoms with Gasteiger partial charge >= 0.3 is 5.97 Å². The predicted octanol–water partition coefficient (Wildman–Crippen LogP) is 2.20. The van der Waals surface area contributed by atoms with Crippen LogP contribution in [0, 0.1) is 18.7 Å². The van der Waals surface area contributed by atoms with Crippen molar-refractivity contribution >= 4 is 16.9 Å². The Labute approximate surface area is 97.7 Å². The summed E-state index contributed by atoms with van der Waals surface area (Å²) >= 11 is 0. The molecule has 0 saturated heterocycles. The first-order valence-corrected chi connectivity index (χ1v) is 5.34. The van der Waals surface area contributed by atoms with Crippen LogP contribution in [0.25, 0.3) is 10.9 Å². The summed E-state index contributed by atoms with van der Waals surface area (Å²) in [4.78, 5) is 10.8. The van der Waals surface area contributed by atoms with Gasteiger partial charge in [-0.2, -0.15) is 5.10 Å². The molecule has 2 rings (SSSR count). The molecule has 0 aliphatic carbocycles. The summed E-state index contributed by atoms with van der Waals surface area (Å²) < 4.78 is 14.6. The third kappa shape index (κ3) is 2.13. The average Bonchev–Trinajstić information content (AvgIpc) is 2.55. The molecule has 0 aliphatic heterocycles. The number of rotatable bonds is 3. The van der Waals surface area contributed by atoms with Crippen LogP contribution in [0.1, 0.15) is 12.6 Å². The van der Waals surface area contributed by atoms with Crippen LogP contribution in [0.2, 0.25) is 0 Å². The normalized spacial score (nSPS) is 12.9. The molecule has 0 bridgehead atoms. The van der Waals surface area contributed by atoms with Crippen LogP contribution < -0.4 is 0 Å². The highest BCUT2D eigenvalue weighted by Crippen LogP contribution is 2.19. The zero-order valence-corrected chi connectivity index (χ0v) is 9.64. The zero-order valence-electron chi connectivity index (χ0n) is 9.64. The van der Waals surface area contributed by atoms with E-state index in [9.17, 15) is 9.18 Å². The minimum absolute atomic E-state index is 0.289. The van der Waals surface area contributed by atoms with Gasteiger partial charge in [-0.05, 0) is 19.1 Å². The Morgan fingerprint density at radius 2 is 2.29 bits per heavy atom. The largest absolute Gasteiger partial charge is 0.481 e. The Hall–Kier alpha value is -1.91. The van der Waals surface area contributed by atoms with Gasteiger partial charge in [-0.3, -0.25) is 9.48 Å². The summed E-state index contributed by atoms with van der Waals surface area (Å²) in [5, 5.41) is 13.9. The van der Waals surface area contributed by atoms with Gasteiger partial charge in [0.15, 0.2) is 0 Å². The van der Waals surface area contributed by atoms with E-state index in [0.717, 1.165) is 11.1 Å². The number of benzene rings is 1. The van der Waals surface area contributed by atoms with Crippen LogP contribution in [-0.2, 0) is 11.3 Å². The zero-order chi connectivity index (χ0) is 12.6. The quantitative estimate of drug-likeness (QED) is 0.888. The van der Waals surface area contributed by atoms with Crippen molar-refractivity contribution in [3.63, 3.8) is 0 Å². The first kappa shape index (κ1) is 11.6. The number of aliphatic carboxylic acids is 1. The predicted molar refractivity (Wildman–Crippen MR) is 61.2 cm³/mol. The van der Waals surface area contributed by atoms with Crippen molar-refractivity contribution in [2.45, 2.75) is 20.4 Å². The Morgan fingerprint density at radius 1 is 1.59 bits per heavy atom. The van der Waals surface area contributed by atoms with E-state index < -0.39 is 11.9 Å². The van der Waals surface area contributed by atoms with E-state index in [-0.39, 0.29) is 12.4 Å². The van der Waals surface area contributed by atoms with Crippen molar-refractivity contribution in [1.29, 1.82) is 0 Å². The van der Waals surface area contributed by atoms with Crippen LogP contribution in [-0.4, -0.2) is 20.9 Å². The van der Waals surface area contributed by atoms with Gasteiger partial charge in [0.05, 0.1) is 18.0 Å². The van der Waals surface area contributed by atoms with E-state index in [1.807, 2.05) is 6.92 Å². The van der Waals surface area contributed by atoms with Crippen molar-refractivity contribution in [2.75, 3.05) is 0 Å². The molecule has 0 radical (unpaired) electrons. The van der Waals surface area contributed by atoms with Crippen molar-refractivity contribution < 1.29 is 14.3 Å². The SMILES string of the molecule is Cc1c2ccc(F)cc2nn1CC(C)C(=O)O. The number of nitrogens with zero attached hydrogens (tertiary/aromatic N) is 2. The first-order chi connectivity index (χ1) is 7.99. The Bertz CT molecular complexity index is 577. The molecule has 1 unspecified atom stereocenters. The number of carboxylic acids is 1. The fourth-order valence-electron chi connectivity index (χ4n) is 1.75. The fourth-order valence-corrected chi connectivity index (χ4v) is 1.75. The maximum absolute atomic E-state index is 13.0. The molecular weight excluding hydrogens is 223 g/mol. The van der Waals surface area contributed by atoms with Gasteiger partial charge in [-0.15, -0.1) is 0 Å². The molecule has 1 aromatic heterocycles.